The molecule has 2 fully saturated rings. The van der Waals surface area contributed by atoms with E-state index in [9.17, 15) is 14.4 Å². The molecule has 0 aliphatic carbocycles. The monoisotopic (exact) mass is 328 g/mol. The maximum Gasteiger partial charge on any atom is 0.408 e. The number of carbonyl (C=O) groups excluding carboxylic acids is 2. The van der Waals surface area contributed by atoms with Gasteiger partial charge in [-0.1, -0.05) is 19.6 Å². The zero-order chi connectivity index (χ0) is 16.5. The molecule has 22 heavy (non-hydrogen) atoms. The molecule has 8 heteroatoms. The summed E-state index contributed by atoms with van der Waals surface area (Å²) in [4.78, 5) is 35.7. The summed E-state index contributed by atoms with van der Waals surface area (Å²) in [5.74, 6) is -0.451. The van der Waals surface area contributed by atoms with Crippen molar-refractivity contribution < 1.29 is 24.2 Å². The molecule has 2 rings (SSSR count). The van der Waals surface area contributed by atoms with Gasteiger partial charge in [-0.2, -0.15) is 0 Å². The normalized spacial score (nSPS) is 27.1. The second-order valence-electron chi connectivity index (χ2n) is 7.28. The highest BCUT2D eigenvalue weighted by molar-refractivity contribution is 6.76. The van der Waals surface area contributed by atoms with E-state index in [1.165, 1.54) is 0 Å². The van der Waals surface area contributed by atoms with Gasteiger partial charge in [0.2, 0.25) is 5.91 Å². The highest BCUT2D eigenvalue weighted by atomic mass is 28.3. The molecule has 0 aromatic carbocycles. The maximum absolute atomic E-state index is 12.0. The van der Waals surface area contributed by atoms with Crippen LogP contribution in [0.2, 0.25) is 25.7 Å². The number of nitrogens with one attached hydrogen (secondary N) is 1. The third kappa shape index (κ3) is 3.86. The number of carboxylic acid groups (broad SMARTS) is 1. The first-order valence-electron chi connectivity index (χ1n) is 7.58. The Morgan fingerprint density at radius 3 is 2.59 bits per heavy atom. The summed E-state index contributed by atoms with van der Waals surface area (Å²) >= 11 is 0. The Balaban J connectivity index is 1.76. The molecule has 7 nitrogen and oxygen atoms in total. The molecular formula is C14H24N2O5Si. The van der Waals surface area contributed by atoms with Gasteiger partial charge in [-0.3, -0.25) is 14.5 Å². The van der Waals surface area contributed by atoms with Gasteiger partial charge in [0.25, 0.3) is 0 Å². The molecule has 0 bridgehead atoms. The van der Waals surface area contributed by atoms with Gasteiger partial charge < -0.3 is 15.2 Å². The van der Waals surface area contributed by atoms with Crippen molar-refractivity contribution >= 4 is 25.9 Å². The number of carbonyl (C=O) groups is 3. The maximum atomic E-state index is 12.0. The summed E-state index contributed by atoms with van der Waals surface area (Å²) in [5, 5.41) is 11.8. The van der Waals surface area contributed by atoms with Crippen LogP contribution in [0.5, 0.6) is 0 Å². The average molecular weight is 328 g/mol. The second kappa shape index (κ2) is 6.37. The minimum Gasteiger partial charge on any atom is -0.465 e. The van der Waals surface area contributed by atoms with Gasteiger partial charge >= 0.3 is 6.09 Å². The fourth-order valence-electron chi connectivity index (χ4n) is 2.89. The van der Waals surface area contributed by atoms with Gasteiger partial charge in [-0.15, -0.1) is 0 Å². The van der Waals surface area contributed by atoms with Crippen molar-refractivity contribution in [3.8, 4) is 0 Å². The summed E-state index contributed by atoms with van der Waals surface area (Å²) in [6.07, 6.45) is -0.857. The molecular weight excluding hydrogens is 304 g/mol. The Morgan fingerprint density at radius 2 is 2.09 bits per heavy atom. The molecule has 0 saturated carbocycles. The van der Waals surface area contributed by atoms with Gasteiger partial charge in [-0.25, -0.2) is 4.79 Å². The minimum absolute atomic E-state index is 0.0345. The molecule has 0 aromatic heterocycles. The van der Waals surface area contributed by atoms with Crippen molar-refractivity contribution in [1.82, 2.24) is 10.2 Å². The van der Waals surface area contributed by atoms with Crippen LogP contribution in [0.25, 0.3) is 0 Å². The van der Waals surface area contributed by atoms with E-state index in [-0.39, 0.29) is 43.2 Å². The zero-order valence-electron chi connectivity index (χ0n) is 13.3. The van der Waals surface area contributed by atoms with Crippen LogP contribution in [0.4, 0.5) is 4.79 Å². The van der Waals surface area contributed by atoms with Crippen molar-refractivity contribution in [3.63, 3.8) is 0 Å². The number of nitrogens with zero attached hydrogens (tertiary/aromatic N) is 1. The number of β-lactam (4-membered cyclic amide) rings is 1. The van der Waals surface area contributed by atoms with Gasteiger partial charge in [0, 0.05) is 33.6 Å². The van der Waals surface area contributed by atoms with Crippen LogP contribution in [0, 0.1) is 5.92 Å². The Labute approximate surface area is 131 Å². The predicted octanol–water partition coefficient (Wildman–Crippen LogP) is 0.777. The lowest BCUT2D eigenvalue weighted by Crippen LogP contribution is -2.66. The summed E-state index contributed by atoms with van der Waals surface area (Å²) in [6, 6.07) is 0.162. The molecule has 2 saturated heterocycles. The minimum atomic E-state index is -1.16. The average Bonchev–Trinajstić information content (AvgIpc) is 2.66. The number of hydrogen-bond donors (Lipinski definition) is 2. The fraction of sp³-hybridized carbons (Fsp3) is 0.786. The zero-order valence-corrected chi connectivity index (χ0v) is 14.3. The van der Waals surface area contributed by atoms with E-state index in [1.54, 1.807) is 0 Å². The van der Waals surface area contributed by atoms with Crippen molar-refractivity contribution in [2.24, 2.45) is 5.92 Å². The fourth-order valence-corrected chi connectivity index (χ4v) is 3.65. The number of likely N-dealkylation sites (tertiary alicyclic amines) is 1. The van der Waals surface area contributed by atoms with Crippen LogP contribution < -0.4 is 5.32 Å². The molecule has 2 N–H and O–H groups in total. The van der Waals surface area contributed by atoms with Crippen LogP contribution in [-0.4, -0.2) is 67.7 Å². The molecule has 0 spiro atoms. The molecule has 124 valence electrons. The molecule has 3 atom stereocenters. The van der Waals surface area contributed by atoms with Gasteiger partial charge in [0.15, 0.2) is 5.78 Å². The van der Waals surface area contributed by atoms with Crippen LogP contribution >= 0.6 is 0 Å². The molecule has 0 radical (unpaired) electrons. The van der Waals surface area contributed by atoms with Gasteiger partial charge in [0.1, 0.15) is 12.6 Å². The van der Waals surface area contributed by atoms with E-state index in [4.69, 9.17) is 9.84 Å². The predicted molar refractivity (Wildman–Crippen MR) is 82.5 cm³/mol. The largest absolute Gasteiger partial charge is 0.465 e. The number of Topliss-reactive ketones (excluding diaryl/α,β-unsaturated/α-hetero) is 1. The summed E-state index contributed by atoms with van der Waals surface area (Å²) in [7, 11) is -1.16. The molecule has 2 amide bonds. The number of rotatable bonds is 7. The van der Waals surface area contributed by atoms with E-state index >= 15 is 0 Å². The van der Waals surface area contributed by atoms with Gasteiger partial charge in [0.05, 0.1) is 6.04 Å². The quantitative estimate of drug-likeness (QED) is 0.409. The van der Waals surface area contributed by atoms with Crippen molar-refractivity contribution in [3.05, 3.63) is 0 Å². The summed E-state index contributed by atoms with van der Waals surface area (Å²) < 4.78 is 5.43. The topological polar surface area (TPSA) is 95.9 Å². The van der Waals surface area contributed by atoms with Gasteiger partial charge in [-0.05, 0) is 6.04 Å². The summed E-state index contributed by atoms with van der Waals surface area (Å²) in [6.45, 7) is 7.63. The molecule has 2 heterocycles. The first-order valence-corrected chi connectivity index (χ1v) is 11.3. The van der Waals surface area contributed by atoms with E-state index in [1.807, 2.05) is 0 Å². The third-order valence-electron chi connectivity index (χ3n) is 4.19. The highest BCUT2D eigenvalue weighted by Crippen LogP contribution is 2.32. The van der Waals surface area contributed by atoms with E-state index < -0.39 is 20.2 Å². The van der Waals surface area contributed by atoms with E-state index in [2.05, 4.69) is 25.0 Å². The first kappa shape index (κ1) is 16.9. The van der Waals surface area contributed by atoms with E-state index in [0.717, 1.165) is 10.9 Å². The van der Waals surface area contributed by atoms with Crippen molar-refractivity contribution in [2.75, 3.05) is 19.8 Å². The number of ether oxygens (including phenoxy) is 1. The molecule has 0 unspecified atom stereocenters. The Bertz CT molecular complexity index is 468. The lowest BCUT2D eigenvalue weighted by atomic mass is 9.88. The van der Waals surface area contributed by atoms with Crippen LogP contribution in [-0.2, 0) is 14.3 Å². The second-order valence-corrected chi connectivity index (χ2v) is 12.9. The number of amides is 2. The molecule has 0 aromatic rings. The third-order valence-corrected chi connectivity index (χ3v) is 5.89. The lowest BCUT2D eigenvalue weighted by molar-refractivity contribution is -0.134. The van der Waals surface area contributed by atoms with Crippen molar-refractivity contribution in [1.29, 1.82) is 0 Å². The van der Waals surface area contributed by atoms with Crippen LogP contribution in [0.3, 0.4) is 0 Å². The lowest BCUT2D eigenvalue weighted by Gasteiger charge is -2.35. The number of fused-ring (bicyclic) bond motifs is 1. The van der Waals surface area contributed by atoms with Crippen molar-refractivity contribution in [2.45, 2.75) is 44.2 Å². The van der Waals surface area contributed by atoms with Crippen LogP contribution in [0.1, 0.15) is 6.42 Å². The van der Waals surface area contributed by atoms with E-state index in [0.29, 0.717) is 6.61 Å². The standard InChI is InChI=1S/C14H24N2O5Si/c1-22(2,3)5-4-21-8-10(17)6-9-7-16(14(19)20)12-11(9)15-13(12)18/h9,11-12H,4-8H2,1-3H3,(H,15,18)(H,19,20)/t9-,11-,12+/m1/s1. The SMILES string of the molecule is C[Si](C)(C)CCOCC(=O)C[C@@H]1CN(C(=O)O)[C@@H]2C(=O)N[C@H]12. The highest BCUT2D eigenvalue weighted by Gasteiger charge is 2.55. The smallest absolute Gasteiger partial charge is 0.408 e. The molecule has 2 aliphatic heterocycles. The Kier molecular flexibility index (Phi) is 4.91. The number of hydrogen-bond acceptors (Lipinski definition) is 4. The Morgan fingerprint density at radius 1 is 1.41 bits per heavy atom. The molecule has 2 aliphatic rings. The van der Waals surface area contributed by atoms with Crippen LogP contribution in [0.15, 0.2) is 0 Å². The summed E-state index contributed by atoms with van der Waals surface area (Å²) in [5.41, 5.74) is 0. The Hall–Kier alpha value is -1.41. The number of ketones is 1. The first-order chi connectivity index (χ1) is 10.2.